The Kier molecular flexibility index (Phi) is 1.18. The van der Waals surface area contributed by atoms with Crippen LogP contribution in [0.2, 0.25) is 5.02 Å². The molecule has 1 radical (unpaired) electrons. The van der Waals surface area contributed by atoms with E-state index in [1.165, 1.54) is 0 Å². The van der Waals surface area contributed by atoms with Crippen LogP contribution in [0.1, 0.15) is 0 Å². The van der Waals surface area contributed by atoms with E-state index in [1.807, 2.05) is 6.07 Å². The molecule has 0 amide bonds. The first-order valence-electron chi connectivity index (χ1n) is 2.90. The summed E-state index contributed by atoms with van der Waals surface area (Å²) < 4.78 is 4.93. The second kappa shape index (κ2) is 2.03. The highest BCUT2D eigenvalue weighted by Crippen LogP contribution is 2.30. The van der Waals surface area contributed by atoms with Crippen molar-refractivity contribution in [3.05, 3.63) is 35.7 Å². The van der Waals surface area contributed by atoms with Crippen molar-refractivity contribution in [2.24, 2.45) is 0 Å². The van der Waals surface area contributed by atoms with Crippen LogP contribution in [0.5, 0.6) is 0 Å². The maximum absolute atomic E-state index is 5.78. The van der Waals surface area contributed by atoms with Crippen LogP contribution in [0.25, 0.3) is 11.1 Å². The predicted molar refractivity (Wildman–Crippen MR) is 39.2 cm³/mol. The third kappa shape index (κ3) is 0.711. The first-order valence-corrected chi connectivity index (χ1v) is 3.28. The first kappa shape index (κ1) is 5.81. The molecule has 2 heteroatoms. The molecule has 0 fully saturated rings. The van der Waals surface area contributed by atoms with Crippen LogP contribution in [-0.4, -0.2) is 0 Å². The van der Waals surface area contributed by atoms with Gasteiger partial charge in [0.2, 0.25) is 0 Å². The smallest absolute Gasteiger partial charge is 0.0995 e. The summed E-state index contributed by atoms with van der Waals surface area (Å²) in [4.78, 5) is 0. The number of fused-ring (bicyclic) bond motifs is 1. The van der Waals surface area contributed by atoms with Crippen LogP contribution >= 0.6 is 11.6 Å². The maximum atomic E-state index is 5.78. The Bertz CT molecular complexity index is 313. The van der Waals surface area contributed by atoms with Gasteiger partial charge in [-0.15, -0.1) is 0 Å². The van der Waals surface area contributed by atoms with E-state index in [-0.39, 0.29) is 0 Å². The average molecular weight is 152 g/mol. The normalized spacial score (nSPS) is 10.5. The Morgan fingerprint density at radius 1 is 1.50 bits per heavy atom. The molecular formula is C8H4ClO. The largest absolute Gasteiger partial charge is 0.472 e. The zero-order chi connectivity index (χ0) is 6.97. The van der Waals surface area contributed by atoms with Crippen LogP contribution in [0.15, 0.2) is 29.1 Å². The molecule has 1 aliphatic carbocycles. The van der Waals surface area contributed by atoms with Crippen molar-refractivity contribution in [3.63, 3.8) is 0 Å². The van der Waals surface area contributed by atoms with Gasteiger partial charge in [-0.05, 0) is 23.8 Å². The summed E-state index contributed by atoms with van der Waals surface area (Å²) in [6, 6.07) is 6.57. The third-order valence-electron chi connectivity index (χ3n) is 1.40. The van der Waals surface area contributed by atoms with Crippen molar-refractivity contribution in [3.8, 4) is 11.1 Å². The zero-order valence-corrected chi connectivity index (χ0v) is 5.85. The van der Waals surface area contributed by atoms with E-state index in [4.69, 9.17) is 16.0 Å². The number of hydrogen-bond donors (Lipinski definition) is 0. The molecule has 0 bridgehead atoms. The number of hydrogen-bond acceptors (Lipinski definition) is 1. The molecule has 0 aromatic carbocycles. The highest BCUT2D eigenvalue weighted by molar-refractivity contribution is 6.33. The van der Waals surface area contributed by atoms with E-state index in [1.54, 1.807) is 18.6 Å². The number of rotatable bonds is 0. The average Bonchev–Trinajstić information content (AvgIpc) is 2.34. The topological polar surface area (TPSA) is 13.1 Å². The third-order valence-corrected chi connectivity index (χ3v) is 1.71. The summed E-state index contributed by atoms with van der Waals surface area (Å²) in [5.74, 6) is 0. The van der Waals surface area contributed by atoms with E-state index in [0.717, 1.165) is 11.1 Å². The van der Waals surface area contributed by atoms with E-state index in [0.29, 0.717) is 5.02 Å². The minimum absolute atomic E-state index is 0.694. The summed E-state index contributed by atoms with van der Waals surface area (Å²) in [5, 5.41) is 0.694. The van der Waals surface area contributed by atoms with Gasteiger partial charge in [-0.25, -0.2) is 0 Å². The fourth-order valence-corrected chi connectivity index (χ4v) is 1.10. The molecule has 0 saturated heterocycles. The Balaban J connectivity index is 2.78. The monoisotopic (exact) mass is 151 g/mol. The fraction of sp³-hybridized carbons (Fsp3) is 0. The highest BCUT2D eigenvalue weighted by atomic mass is 35.5. The minimum atomic E-state index is 0.694. The summed E-state index contributed by atoms with van der Waals surface area (Å²) in [6.45, 7) is 0. The van der Waals surface area contributed by atoms with Gasteiger partial charge in [0, 0.05) is 5.56 Å². The Labute approximate surface area is 63.6 Å². The predicted octanol–water partition coefficient (Wildman–Crippen LogP) is 2.84. The molecule has 0 aromatic rings. The van der Waals surface area contributed by atoms with Crippen LogP contribution in [0.4, 0.5) is 0 Å². The molecule has 1 aliphatic heterocycles. The molecule has 0 saturated carbocycles. The van der Waals surface area contributed by atoms with Crippen molar-refractivity contribution in [2.75, 3.05) is 0 Å². The molecular weight excluding hydrogens is 148 g/mol. The van der Waals surface area contributed by atoms with Gasteiger partial charge in [0.1, 0.15) is 0 Å². The van der Waals surface area contributed by atoms with Gasteiger partial charge in [-0.2, -0.15) is 0 Å². The van der Waals surface area contributed by atoms with E-state index >= 15 is 0 Å². The van der Waals surface area contributed by atoms with Crippen molar-refractivity contribution in [1.29, 1.82) is 0 Å². The molecule has 0 spiro atoms. The van der Waals surface area contributed by atoms with Gasteiger partial charge >= 0.3 is 0 Å². The summed E-state index contributed by atoms with van der Waals surface area (Å²) in [5.41, 5.74) is 1.92. The molecule has 2 aliphatic rings. The molecule has 10 heavy (non-hydrogen) atoms. The lowest BCUT2D eigenvalue weighted by Crippen LogP contribution is -1.69. The molecule has 1 heterocycles. The van der Waals surface area contributed by atoms with Crippen LogP contribution in [0, 0.1) is 6.07 Å². The standard InChI is InChI=1S/C8H4ClO/c9-8-2-1-6-3-4-10-5-7(6)8/h2-5H. The van der Waals surface area contributed by atoms with Crippen molar-refractivity contribution >= 4 is 11.6 Å². The molecule has 49 valence electrons. The van der Waals surface area contributed by atoms with Crippen LogP contribution in [-0.2, 0) is 0 Å². The fourth-order valence-electron chi connectivity index (χ4n) is 0.898. The number of halogens is 1. The minimum Gasteiger partial charge on any atom is -0.472 e. The SMILES string of the molecule is Clc1c[c]c2ccocc1-2. The summed E-state index contributed by atoms with van der Waals surface area (Å²) >= 11 is 5.78. The van der Waals surface area contributed by atoms with E-state index < -0.39 is 0 Å². The van der Waals surface area contributed by atoms with Crippen LogP contribution < -0.4 is 0 Å². The molecule has 0 atom stereocenters. The lowest BCUT2D eigenvalue weighted by molar-refractivity contribution is 0.552. The lowest BCUT2D eigenvalue weighted by atomic mass is 10.2. The first-order chi connectivity index (χ1) is 4.88. The Hall–Kier alpha value is -0.950. The summed E-state index contributed by atoms with van der Waals surface area (Å²) in [6.07, 6.45) is 3.23. The van der Waals surface area contributed by atoms with Crippen molar-refractivity contribution in [2.45, 2.75) is 0 Å². The Morgan fingerprint density at radius 2 is 2.40 bits per heavy atom. The summed E-state index contributed by atoms with van der Waals surface area (Å²) in [7, 11) is 0. The van der Waals surface area contributed by atoms with E-state index in [9.17, 15) is 0 Å². The van der Waals surface area contributed by atoms with E-state index in [2.05, 4.69) is 6.07 Å². The second-order valence-electron chi connectivity index (χ2n) is 2.02. The van der Waals surface area contributed by atoms with Gasteiger partial charge in [0.15, 0.2) is 0 Å². The lowest BCUT2D eigenvalue weighted by Gasteiger charge is -1.94. The molecule has 2 rings (SSSR count). The maximum Gasteiger partial charge on any atom is 0.0995 e. The Morgan fingerprint density at radius 3 is 3.20 bits per heavy atom. The second-order valence-corrected chi connectivity index (χ2v) is 2.43. The molecule has 1 nitrogen and oxygen atoms in total. The molecule has 0 N–H and O–H groups in total. The van der Waals surface area contributed by atoms with Gasteiger partial charge in [-0.3, -0.25) is 0 Å². The quantitative estimate of drug-likeness (QED) is 0.564. The van der Waals surface area contributed by atoms with Crippen molar-refractivity contribution in [1.82, 2.24) is 0 Å². The van der Waals surface area contributed by atoms with Gasteiger partial charge in [0.05, 0.1) is 17.5 Å². The van der Waals surface area contributed by atoms with Gasteiger partial charge in [-0.1, -0.05) is 11.6 Å². The molecule has 0 aromatic heterocycles. The van der Waals surface area contributed by atoms with Crippen LogP contribution in [0.3, 0.4) is 0 Å². The van der Waals surface area contributed by atoms with Gasteiger partial charge in [0.25, 0.3) is 0 Å². The molecule has 0 unspecified atom stereocenters. The van der Waals surface area contributed by atoms with Gasteiger partial charge < -0.3 is 4.42 Å². The zero-order valence-electron chi connectivity index (χ0n) is 5.10. The van der Waals surface area contributed by atoms with Crippen molar-refractivity contribution < 1.29 is 4.42 Å². The highest BCUT2D eigenvalue weighted by Gasteiger charge is 2.06.